The van der Waals surface area contributed by atoms with E-state index in [1.165, 1.54) is 14.0 Å². The summed E-state index contributed by atoms with van der Waals surface area (Å²) in [5.41, 5.74) is 2.48. The van der Waals surface area contributed by atoms with Crippen LogP contribution < -0.4 is 15.4 Å². The van der Waals surface area contributed by atoms with E-state index in [9.17, 15) is 14.4 Å². The van der Waals surface area contributed by atoms with Gasteiger partial charge in [0, 0.05) is 13.1 Å². The normalized spacial score (nSPS) is 11.3. The SMILES string of the molecule is COc1ccccc1C(=O)NCCC(=O)O[C@H](C)C(=O)NCc1ccc(C)cc1. The molecule has 1 atom stereocenters. The molecule has 0 heterocycles. The molecule has 0 saturated carbocycles. The zero-order chi connectivity index (χ0) is 21.2. The lowest BCUT2D eigenvalue weighted by molar-refractivity contribution is -0.154. The van der Waals surface area contributed by atoms with E-state index in [-0.39, 0.29) is 24.8 Å². The number of carbonyl (C=O) groups excluding carboxylic acids is 3. The fraction of sp³-hybridized carbons (Fsp3) is 0.318. The topological polar surface area (TPSA) is 93.7 Å². The molecule has 2 aromatic carbocycles. The third kappa shape index (κ3) is 6.95. The molecular formula is C22H26N2O5. The Balaban J connectivity index is 1.71. The van der Waals surface area contributed by atoms with Crippen molar-refractivity contribution in [3.05, 3.63) is 65.2 Å². The number of carbonyl (C=O) groups is 3. The molecule has 29 heavy (non-hydrogen) atoms. The van der Waals surface area contributed by atoms with E-state index in [4.69, 9.17) is 9.47 Å². The van der Waals surface area contributed by atoms with Crippen molar-refractivity contribution in [2.75, 3.05) is 13.7 Å². The molecule has 0 aromatic heterocycles. The van der Waals surface area contributed by atoms with Gasteiger partial charge in [0.15, 0.2) is 6.10 Å². The number of para-hydroxylation sites is 1. The van der Waals surface area contributed by atoms with Crippen molar-refractivity contribution in [2.24, 2.45) is 0 Å². The van der Waals surface area contributed by atoms with Gasteiger partial charge in [0.05, 0.1) is 19.1 Å². The van der Waals surface area contributed by atoms with Crippen LogP contribution in [0.25, 0.3) is 0 Å². The van der Waals surface area contributed by atoms with E-state index in [0.29, 0.717) is 17.9 Å². The van der Waals surface area contributed by atoms with Gasteiger partial charge in [-0.2, -0.15) is 0 Å². The van der Waals surface area contributed by atoms with Gasteiger partial charge in [-0.3, -0.25) is 14.4 Å². The van der Waals surface area contributed by atoms with Crippen molar-refractivity contribution in [2.45, 2.75) is 32.9 Å². The second-order valence-corrected chi connectivity index (χ2v) is 6.54. The summed E-state index contributed by atoms with van der Waals surface area (Å²) in [6.45, 7) is 3.95. The van der Waals surface area contributed by atoms with Crippen LogP contribution >= 0.6 is 0 Å². The van der Waals surface area contributed by atoms with E-state index >= 15 is 0 Å². The number of esters is 1. The fourth-order valence-corrected chi connectivity index (χ4v) is 2.55. The molecule has 0 bridgehead atoms. The van der Waals surface area contributed by atoms with E-state index < -0.39 is 12.1 Å². The highest BCUT2D eigenvalue weighted by Crippen LogP contribution is 2.16. The van der Waals surface area contributed by atoms with Crippen molar-refractivity contribution in [1.82, 2.24) is 10.6 Å². The zero-order valence-corrected chi connectivity index (χ0v) is 16.9. The first kappa shape index (κ1) is 21.9. The first-order valence-corrected chi connectivity index (χ1v) is 9.34. The van der Waals surface area contributed by atoms with Crippen molar-refractivity contribution >= 4 is 17.8 Å². The quantitative estimate of drug-likeness (QED) is 0.633. The molecule has 7 heteroatoms. The first-order valence-electron chi connectivity index (χ1n) is 9.34. The Labute approximate surface area is 170 Å². The van der Waals surface area contributed by atoms with Crippen molar-refractivity contribution in [3.8, 4) is 5.75 Å². The number of amides is 2. The Morgan fingerprint density at radius 1 is 1.00 bits per heavy atom. The van der Waals surface area contributed by atoms with Gasteiger partial charge >= 0.3 is 5.97 Å². The molecule has 0 aliphatic rings. The predicted octanol–water partition coefficient (Wildman–Crippen LogP) is 2.37. The van der Waals surface area contributed by atoms with Crippen LogP contribution in [0.3, 0.4) is 0 Å². The second kappa shape index (κ2) is 10.8. The minimum Gasteiger partial charge on any atom is -0.496 e. The predicted molar refractivity (Wildman–Crippen MR) is 109 cm³/mol. The molecule has 2 rings (SSSR count). The van der Waals surface area contributed by atoms with Crippen LogP contribution in [-0.2, 0) is 20.9 Å². The van der Waals surface area contributed by atoms with Gasteiger partial charge in [0.25, 0.3) is 11.8 Å². The third-order valence-electron chi connectivity index (χ3n) is 4.23. The van der Waals surface area contributed by atoms with Gasteiger partial charge in [0.2, 0.25) is 0 Å². The Morgan fingerprint density at radius 3 is 2.38 bits per heavy atom. The lowest BCUT2D eigenvalue weighted by Gasteiger charge is -2.14. The molecule has 0 aliphatic carbocycles. The summed E-state index contributed by atoms with van der Waals surface area (Å²) < 4.78 is 10.3. The Hall–Kier alpha value is -3.35. The fourth-order valence-electron chi connectivity index (χ4n) is 2.55. The third-order valence-corrected chi connectivity index (χ3v) is 4.23. The maximum Gasteiger partial charge on any atom is 0.308 e. The van der Waals surface area contributed by atoms with Gasteiger partial charge in [0.1, 0.15) is 5.75 Å². The van der Waals surface area contributed by atoms with E-state index in [1.54, 1.807) is 24.3 Å². The average molecular weight is 398 g/mol. The second-order valence-electron chi connectivity index (χ2n) is 6.54. The van der Waals surface area contributed by atoms with Crippen molar-refractivity contribution < 1.29 is 23.9 Å². The summed E-state index contributed by atoms with van der Waals surface area (Å²) in [4.78, 5) is 36.2. The number of nitrogens with one attached hydrogen (secondary N) is 2. The summed E-state index contributed by atoms with van der Waals surface area (Å²) in [5.74, 6) is -0.842. The number of aryl methyl sites for hydroxylation is 1. The molecule has 2 aromatic rings. The minimum atomic E-state index is -0.919. The summed E-state index contributed by atoms with van der Waals surface area (Å²) in [6.07, 6.45) is -0.964. The maximum atomic E-state index is 12.2. The zero-order valence-electron chi connectivity index (χ0n) is 16.9. The Morgan fingerprint density at radius 2 is 1.69 bits per heavy atom. The standard InChI is InChI=1S/C22H26N2O5/c1-15-8-10-17(11-9-15)14-24-21(26)16(2)29-20(25)12-13-23-22(27)18-6-4-5-7-19(18)28-3/h4-11,16H,12-14H2,1-3H3,(H,23,27)(H,24,26)/t16-/m1/s1. The monoisotopic (exact) mass is 398 g/mol. The molecule has 2 amide bonds. The van der Waals surface area contributed by atoms with Gasteiger partial charge in [-0.25, -0.2) is 0 Å². The molecular weight excluding hydrogens is 372 g/mol. The van der Waals surface area contributed by atoms with Crippen molar-refractivity contribution in [1.29, 1.82) is 0 Å². The average Bonchev–Trinajstić information content (AvgIpc) is 2.72. The van der Waals surface area contributed by atoms with Crippen LogP contribution in [0.4, 0.5) is 0 Å². The van der Waals surface area contributed by atoms with E-state index in [2.05, 4.69) is 10.6 Å². The van der Waals surface area contributed by atoms with Crippen LogP contribution in [0.5, 0.6) is 5.75 Å². The van der Waals surface area contributed by atoms with Gasteiger partial charge in [-0.15, -0.1) is 0 Å². The lowest BCUT2D eigenvalue weighted by Crippen LogP contribution is -2.36. The van der Waals surface area contributed by atoms with Crippen molar-refractivity contribution in [3.63, 3.8) is 0 Å². The number of rotatable bonds is 9. The first-order chi connectivity index (χ1) is 13.9. The molecule has 0 fully saturated rings. The number of methoxy groups -OCH3 is 1. The van der Waals surface area contributed by atoms with Crippen LogP contribution in [0.2, 0.25) is 0 Å². The number of benzene rings is 2. The molecule has 7 nitrogen and oxygen atoms in total. The van der Waals surface area contributed by atoms with E-state index in [1.807, 2.05) is 31.2 Å². The van der Waals surface area contributed by atoms with Crippen LogP contribution in [-0.4, -0.2) is 37.5 Å². The highest BCUT2D eigenvalue weighted by atomic mass is 16.5. The van der Waals surface area contributed by atoms with Crippen LogP contribution in [0.15, 0.2) is 48.5 Å². The molecule has 0 spiro atoms. The minimum absolute atomic E-state index is 0.0452. The largest absolute Gasteiger partial charge is 0.496 e. The molecule has 2 N–H and O–H groups in total. The Bertz CT molecular complexity index is 849. The molecule has 0 saturated heterocycles. The van der Waals surface area contributed by atoms with Gasteiger partial charge in [-0.05, 0) is 31.5 Å². The lowest BCUT2D eigenvalue weighted by atomic mass is 10.1. The molecule has 154 valence electrons. The highest BCUT2D eigenvalue weighted by Gasteiger charge is 2.18. The summed E-state index contributed by atoms with van der Waals surface area (Å²) in [5, 5.41) is 5.37. The number of hydrogen-bond acceptors (Lipinski definition) is 5. The maximum absolute atomic E-state index is 12.2. The van der Waals surface area contributed by atoms with Gasteiger partial charge in [-0.1, -0.05) is 42.0 Å². The van der Waals surface area contributed by atoms with Crippen LogP contribution in [0.1, 0.15) is 34.8 Å². The molecule has 0 unspecified atom stereocenters. The molecule has 0 radical (unpaired) electrons. The summed E-state index contributed by atoms with van der Waals surface area (Å²) >= 11 is 0. The number of hydrogen-bond donors (Lipinski definition) is 2. The smallest absolute Gasteiger partial charge is 0.308 e. The summed E-state index contributed by atoms with van der Waals surface area (Å²) in [7, 11) is 1.48. The highest BCUT2D eigenvalue weighted by molar-refractivity contribution is 5.97. The van der Waals surface area contributed by atoms with Crippen LogP contribution in [0, 0.1) is 6.92 Å². The Kier molecular flexibility index (Phi) is 8.21. The molecule has 0 aliphatic heterocycles. The van der Waals surface area contributed by atoms with Gasteiger partial charge < -0.3 is 20.1 Å². The summed E-state index contributed by atoms with van der Waals surface area (Å²) in [6, 6.07) is 14.6. The number of ether oxygens (including phenoxy) is 2. The van der Waals surface area contributed by atoms with E-state index in [0.717, 1.165) is 11.1 Å².